The molecule has 0 aromatic heterocycles. The Kier molecular flexibility index (Phi) is 5.13. The van der Waals surface area contributed by atoms with E-state index in [0.29, 0.717) is 0 Å². The lowest BCUT2D eigenvalue weighted by Gasteiger charge is -2.11. The number of rotatable bonds is 6. The zero-order valence-corrected chi connectivity index (χ0v) is 11.2. The Morgan fingerprint density at radius 2 is 2.11 bits per heavy atom. The molecule has 0 aliphatic carbocycles. The van der Waals surface area contributed by atoms with Crippen LogP contribution in [0.4, 0.5) is 0 Å². The predicted octanol–water partition coefficient (Wildman–Crippen LogP) is 2.01. The molecule has 0 aliphatic rings. The molecule has 0 unspecified atom stereocenters. The van der Waals surface area contributed by atoms with E-state index in [1.807, 2.05) is 13.0 Å². The van der Waals surface area contributed by atoms with Gasteiger partial charge in [-0.15, -0.1) is 0 Å². The fourth-order valence-corrected chi connectivity index (χ4v) is 2.40. The quantitative estimate of drug-likeness (QED) is 0.583. The Balaban J connectivity index is 3.08. The molecule has 5 nitrogen and oxygen atoms in total. The van der Waals surface area contributed by atoms with Crippen LogP contribution in [-0.2, 0) is 14.3 Å². The largest absolute Gasteiger partial charge is 0.491 e. The van der Waals surface area contributed by atoms with Crippen molar-refractivity contribution in [2.75, 3.05) is 13.2 Å². The van der Waals surface area contributed by atoms with Gasteiger partial charge < -0.3 is 4.74 Å². The Morgan fingerprint density at radius 3 is 2.72 bits per heavy atom. The van der Waals surface area contributed by atoms with Crippen LogP contribution < -0.4 is 4.74 Å². The Hall–Kier alpha value is -1.58. The van der Waals surface area contributed by atoms with Crippen molar-refractivity contribution in [3.63, 3.8) is 0 Å². The third kappa shape index (κ3) is 3.72. The third-order valence-corrected chi connectivity index (χ3v) is 3.53. The lowest BCUT2D eigenvalue weighted by Crippen LogP contribution is -2.09. The summed E-state index contributed by atoms with van der Waals surface area (Å²) < 4.78 is 33.7. The van der Waals surface area contributed by atoms with E-state index >= 15 is 0 Å². The summed E-state index contributed by atoms with van der Waals surface area (Å²) in [7, 11) is -3.80. The molecule has 1 aromatic carbocycles. The van der Waals surface area contributed by atoms with Crippen LogP contribution in [0.2, 0.25) is 0 Å². The normalized spacial score (nSPS) is 10.9. The fourth-order valence-electron chi connectivity index (χ4n) is 1.36. The minimum absolute atomic E-state index is 0.00658. The average Bonchev–Trinajstić information content (AvgIpc) is 2.29. The van der Waals surface area contributed by atoms with Crippen molar-refractivity contribution in [2.24, 2.45) is 0 Å². The first-order valence-electron chi connectivity index (χ1n) is 5.51. The number of hydrogen-bond acceptors (Lipinski definition) is 5. The van der Waals surface area contributed by atoms with Gasteiger partial charge in [0.05, 0.1) is 19.1 Å². The average molecular weight is 269 g/mol. The molecule has 0 bridgehead atoms. The van der Waals surface area contributed by atoms with E-state index in [9.17, 15) is 8.42 Å². The lowest BCUT2D eigenvalue weighted by atomic mass is 10.2. The van der Waals surface area contributed by atoms with Gasteiger partial charge >= 0.3 is 10.1 Å². The van der Waals surface area contributed by atoms with E-state index in [1.54, 1.807) is 19.1 Å². The number of nitriles is 1. The first kappa shape index (κ1) is 14.5. The van der Waals surface area contributed by atoms with Crippen molar-refractivity contribution in [1.29, 1.82) is 5.26 Å². The van der Waals surface area contributed by atoms with Gasteiger partial charge in [-0.1, -0.05) is 6.07 Å². The molecule has 0 fully saturated rings. The summed E-state index contributed by atoms with van der Waals surface area (Å²) in [5.74, 6) is 0.221. The summed E-state index contributed by atoms with van der Waals surface area (Å²) in [5.41, 5.74) is 0.873. The molecule has 0 heterocycles. The molecule has 0 N–H and O–H groups in total. The van der Waals surface area contributed by atoms with Crippen molar-refractivity contribution in [3.05, 3.63) is 23.8 Å². The number of ether oxygens (including phenoxy) is 1. The van der Waals surface area contributed by atoms with Crippen LogP contribution in [0.25, 0.3) is 0 Å². The van der Waals surface area contributed by atoms with Crippen molar-refractivity contribution in [3.8, 4) is 11.8 Å². The predicted molar refractivity (Wildman–Crippen MR) is 65.7 cm³/mol. The smallest absolute Gasteiger partial charge is 0.300 e. The van der Waals surface area contributed by atoms with E-state index in [4.69, 9.17) is 14.2 Å². The summed E-state index contributed by atoms with van der Waals surface area (Å²) in [5, 5.41) is 8.44. The van der Waals surface area contributed by atoms with Crippen molar-refractivity contribution >= 4 is 10.1 Å². The Bertz CT molecular complexity index is 546. The molecule has 0 atom stereocenters. The van der Waals surface area contributed by atoms with Gasteiger partial charge in [-0.3, -0.25) is 4.18 Å². The number of aryl methyl sites for hydroxylation is 1. The van der Waals surface area contributed by atoms with Gasteiger partial charge in [-0.05, 0) is 31.5 Å². The second-order valence-corrected chi connectivity index (χ2v) is 5.15. The summed E-state index contributed by atoms with van der Waals surface area (Å²) in [6, 6.07) is 6.66. The van der Waals surface area contributed by atoms with Gasteiger partial charge in [0, 0.05) is 0 Å². The molecule has 0 radical (unpaired) electrons. The van der Waals surface area contributed by atoms with Crippen molar-refractivity contribution in [2.45, 2.75) is 25.2 Å². The molecule has 0 saturated heterocycles. The minimum atomic E-state index is -3.80. The molecule has 18 heavy (non-hydrogen) atoms. The zero-order valence-electron chi connectivity index (χ0n) is 10.3. The monoisotopic (exact) mass is 269 g/mol. The van der Waals surface area contributed by atoms with Gasteiger partial charge in [-0.2, -0.15) is 13.7 Å². The van der Waals surface area contributed by atoms with Crippen LogP contribution in [0.3, 0.4) is 0 Å². The van der Waals surface area contributed by atoms with Gasteiger partial charge in [0.2, 0.25) is 0 Å². The molecule has 0 spiro atoms. The summed E-state index contributed by atoms with van der Waals surface area (Å²) in [6.45, 7) is 3.64. The fraction of sp³-hybridized carbons (Fsp3) is 0.417. The van der Waals surface area contributed by atoms with Crippen LogP contribution in [0.5, 0.6) is 5.75 Å². The first-order chi connectivity index (χ1) is 8.51. The van der Waals surface area contributed by atoms with E-state index < -0.39 is 10.1 Å². The highest BCUT2D eigenvalue weighted by Crippen LogP contribution is 2.26. The van der Waals surface area contributed by atoms with Gasteiger partial charge in [0.15, 0.2) is 0 Å². The summed E-state index contributed by atoms with van der Waals surface area (Å²) in [6.07, 6.45) is 0.196. The first-order valence-corrected chi connectivity index (χ1v) is 6.92. The zero-order chi connectivity index (χ0) is 13.6. The van der Waals surface area contributed by atoms with E-state index in [-0.39, 0.29) is 30.3 Å². The summed E-state index contributed by atoms with van der Waals surface area (Å²) in [4.78, 5) is -0.00658. The van der Waals surface area contributed by atoms with E-state index in [2.05, 4.69) is 0 Å². The van der Waals surface area contributed by atoms with Crippen LogP contribution in [0.1, 0.15) is 18.9 Å². The van der Waals surface area contributed by atoms with Crippen LogP contribution in [0, 0.1) is 18.3 Å². The molecule has 98 valence electrons. The lowest BCUT2D eigenvalue weighted by molar-refractivity contribution is 0.307. The van der Waals surface area contributed by atoms with Crippen LogP contribution >= 0.6 is 0 Å². The Labute approximate surface area is 107 Å². The maximum Gasteiger partial charge on any atom is 0.300 e. The molecule has 0 saturated carbocycles. The summed E-state index contributed by atoms with van der Waals surface area (Å²) >= 11 is 0. The maximum atomic E-state index is 11.8. The second kappa shape index (κ2) is 6.38. The Morgan fingerprint density at radius 1 is 1.39 bits per heavy atom. The molecular formula is C12H15NO4S. The highest BCUT2D eigenvalue weighted by molar-refractivity contribution is 7.86. The molecule has 0 aliphatic heterocycles. The van der Waals surface area contributed by atoms with Crippen LogP contribution in [-0.4, -0.2) is 21.6 Å². The minimum Gasteiger partial charge on any atom is -0.491 e. The topological polar surface area (TPSA) is 76.4 Å². The SMILES string of the molecule is CCOS(=O)(=O)c1ccc(C)cc1OCCC#N. The highest BCUT2D eigenvalue weighted by Gasteiger charge is 2.20. The molecule has 0 amide bonds. The van der Waals surface area contributed by atoms with Crippen LogP contribution in [0.15, 0.2) is 23.1 Å². The molecule has 1 rings (SSSR count). The van der Waals surface area contributed by atoms with Gasteiger partial charge in [0.25, 0.3) is 0 Å². The van der Waals surface area contributed by atoms with E-state index in [1.165, 1.54) is 6.07 Å². The highest BCUT2D eigenvalue weighted by atomic mass is 32.2. The number of benzene rings is 1. The van der Waals surface area contributed by atoms with Gasteiger partial charge in [0.1, 0.15) is 17.3 Å². The van der Waals surface area contributed by atoms with Crippen molar-refractivity contribution in [1.82, 2.24) is 0 Å². The maximum absolute atomic E-state index is 11.8. The third-order valence-electron chi connectivity index (χ3n) is 2.11. The number of hydrogen-bond donors (Lipinski definition) is 0. The molecular weight excluding hydrogens is 254 g/mol. The molecule has 6 heteroatoms. The molecule has 1 aromatic rings. The van der Waals surface area contributed by atoms with Gasteiger partial charge in [-0.25, -0.2) is 0 Å². The van der Waals surface area contributed by atoms with Crippen molar-refractivity contribution < 1.29 is 17.3 Å². The number of nitrogens with zero attached hydrogens (tertiary/aromatic N) is 1. The van der Waals surface area contributed by atoms with E-state index in [0.717, 1.165) is 5.56 Å². The second-order valence-electron chi connectivity index (χ2n) is 3.57. The standard InChI is InChI=1S/C12H15NO4S/c1-3-17-18(14,15)12-6-5-10(2)9-11(12)16-8-4-7-13/h5-6,9H,3-4,8H2,1-2H3.